The third-order valence-corrected chi connectivity index (χ3v) is 5.01. The largest absolute Gasteiger partial charge is 0.341 e. The Kier molecular flexibility index (Phi) is 5.04. The molecule has 0 aromatic carbocycles. The number of hydrogen-bond donors (Lipinski definition) is 1. The molecule has 1 amide bonds. The molecule has 2 aliphatic rings. The summed E-state index contributed by atoms with van der Waals surface area (Å²) in [5.41, 5.74) is 0. The van der Waals surface area contributed by atoms with Crippen LogP contribution in [0.5, 0.6) is 0 Å². The van der Waals surface area contributed by atoms with E-state index in [1.54, 1.807) is 0 Å². The van der Waals surface area contributed by atoms with Crippen LogP contribution in [0.2, 0.25) is 0 Å². The fraction of sp³-hybridized carbons (Fsp3) is 0.923. The normalized spacial score (nSPS) is 28.2. The van der Waals surface area contributed by atoms with Crippen LogP contribution in [0.25, 0.3) is 0 Å². The van der Waals surface area contributed by atoms with Gasteiger partial charge in [-0.3, -0.25) is 4.79 Å². The van der Waals surface area contributed by atoms with E-state index in [0.717, 1.165) is 32.3 Å². The summed E-state index contributed by atoms with van der Waals surface area (Å²) in [5, 5.41) is 0. The number of carbonyl (C=O) groups excluding carboxylic acids is 1. The van der Waals surface area contributed by atoms with Gasteiger partial charge in [-0.1, -0.05) is 6.42 Å². The van der Waals surface area contributed by atoms with Crippen LogP contribution in [0.15, 0.2) is 0 Å². The van der Waals surface area contributed by atoms with Gasteiger partial charge >= 0.3 is 0 Å². The number of fused-ring (bicyclic) bond motifs is 3. The summed E-state index contributed by atoms with van der Waals surface area (Å²) in [6.45, 7) is 2.86. The quantitative estimate of drug-likeness (QED) is 0.785. The number of nitrogens with zero attached hydrogens (tertiary/aromatic N) is 2. The Bertz CT molecular complexity index is 452. The summed E-state index contributed by atoms with van der Waals surface area (Å²) in [4.78, 5) is 16.6. The molecule has 20 heavy (non-hydrogen) atoms. The molecule has 2 bridgehead atoms. The molecule has 116 valence electrons. The Labute approximate surface area is 121 Å². The first kappa shape index (κ1) is 15.7. The van der Waals surface area contributed by atoms with E-state index in [2.05, 4.69) is 16.7 Å². The highest BCUT2D eigenvalue weighted by molar-refractivity contribution is 7.88. The minimum absolute atomic E-state index is 0.0633. The molecule has 0 aromatic rings. The van der Waals surface area contributed by atoms with Gasteiger partial charge in [0.25, 0.3) is 0 Å². The van der Waals surface area contributed by atoms with Crippen LogP contribution in [0.4, 0.5) is 0 Å². The molecule has 2 rings (SSSR count). The third-order valence-electron chi connectivity index (χ3n) is 4.28. The van der Waals surface area contributed by atoms with E-state index >= 15 is 0 Å². The average Bonchev–Trinajstić information content (AvgIpc) is 2.55. The lowest BCUT2D eigenvalue weighted by molar-refractivity contribution is -0.132. The Morgan fingerprint density at radius 1 is 1.25 bits per heavy atom. The number of sulfonamides is 1. The van der Waals surface area contributed by atoms with Crippen molar-refractivity contribution in [1.82, 2.24) is 14.5 Å². The van der Waals surface area contributed by atoms with Crippen molar-refractivity contribution in [2.24, 2.45) is 5.92 Å². The second kappa shape index (κ2) is 6.41. The number of hydrogen-bond acceptors (Lipinski definition) is 4. The topological polar surface area (TPSA) is 69.7 Å². The zero-order chi connectivity index (χ0) is 14.8. The summed E-state index contributed by atoms with van der Waals surface area (Å²) in [5.74, 6) is 0.618. The fourth-order valence-corrected chi connectivity index (χ4v) is 3.71. The summed E-state index contributed by atoms with van der Waals surface area (Å²) < 4.78 is 24.4. The van der Waals surface area contributed by atoms with Crippen LogP contribution in [0.1, 0.15) is 25.7 Å². The molecule has 0 unspecified atom stereocenters. The summed E-state index contributed by atoms with van der Waals surface area (Å²) in [6, 6.07) is 0.453. The van der Waals surface area contributed by atoms with Gasteiger partial charge in [0.2, 0.25) is 15.9 Å². The third kappa shape index (κ3) is 4.43. The van der Waals surface area contributed by atoms with E-state index in [1.165, 1.54) is 12.8 Å². The molecule has 2 saturated heterocycles. The van der Waals surface area contributed by atoms with Crippen LogP contribution < -0.4 is 4.72 Å². The van der Waals surface area contributed by atoms with Crippen molar-refractivity contribution in [3.63, 3.8) is 0 Å². The zero-order valence-corrected chi connectivity index (χ0v) is 13.2. The van der Waals surface area contributed by atoms with Crippen molar-refractivity contribution >= 4 is 15.9 Å². The molecule has 0 radical (unpaired) electrons. The second-order valence-electron chi connectivity index (χ2n) is 6.11. The first-order valence-electron chi connectivity index (χ1n) is 7.28. The number of likely N-dealkylation sites (tertiary alicyclic amines) is 1. The van der Waals surface area contributed by atoms with Crippen molar-refractivity contribution in [3.8, 4) is 0 Å². The van der Waals surface area contributed by atoms with E-state index in [-0.39, 0.29) is 18.9 Å². The highest BCUT2D eigenvalue weighted by Gasteiger charge is 2.32. The second-order valence-corrected chi connectivity index (χ2v) is 7.94. The van der Waals surface area contributed by atoms with Gasteiger partial charge in [0.15, 0.2) is 0 Å². The van der Waals surface area contributed by atoms with Crippen molar-refractivity contribution in [3.05, 3.63) is 0 Å². The van der Waals surface area contributed by atoms with Gasteiger partial charge in [0.1, 0.15) is 0 Å². The maximum absolute atomic E-state index is 12.2. The Hall–Kier alpha value is -0.660. The zero-order valence-electron chi connectivity index (χ0n) is 12.3. The summed E-state index contributed by atoms with van der Waals surface area (Å²) in [7, 11) is -1.07. The lowest BCUT2D eigenvalue weighted by Gasteiger charge is -2.29. The molecule has 2 fully saturated rings. The highest BCUT2D eigenvalue weighted by Crippen LogP contribution is 2.25. The van der Waals surface area contributed by atoms with Crippen LogP contribution in [0, 0.1) is 5.92 Å². The van der Waals surface area contributed by atoms with E-state index < -0.39 is 10.0 Å². The van der Waals surface area contributed by atoms with Gasteiger partial charge in [-0.05, 0) is 25.8 Å². The predicted molar refractivity (Wildman–Crippen MR) is 77.8 cm³/mol. The molecule has 0 saturated carbocycles. The van der Waals surface area contributed by atoms with E-state index in [4.69, 9.17) is 0 Å². The van der Waals surface area contributed by atoms with Crippen molar-refractivity contribution in [2.45, 2.75) is 31.7 Å². The van der Waals surface area contributed by atoms with Gasteiger partial charge in [-0.2, -0.15) is 0 Å². The van der Waals surface area contributed by atoms with Crippen LogP contribution in [-0.2, 0) is 14.8 Å². The maximum atomic E-state index is 12.2. The first-order valence-corrected chi connectivity index (χ1v) is 9.17. The molecule has 0 aromatic heterocycles. The standard InChI is InChI=1S/C13H25N3O3S/c1-15-8-11-4-3-5-12(15)10-16(9-11)13(17)6-7-14-20(2,18)19/h11-12,14H,3-10H2,1-2H3/t11-,12-/m0/s1. The first-order chi connectivity index (χ1) is 9.35. The SMILES string of the molecule is CN1C[C@@H]2CCC[C@H]1CN(C(=O)CCNS(C)(=O)=O)C2. The number of nitrogens with one attached hydrogen (secondary N) is 1. The molecule has 2 aliphatic heterocycles. The fourth-order valence-electron chi connectivity index (χ4n) is 3.24. The van der Waals surface area contributed by atoms with Crippen molar-refractivity contribution in [1.29, 1.82) is 0 Å². The van der Waals surface area contributed by atoms with Gasteiger partial charge < -0.3 is 9.80 Å². The van der Waals surface area contributed by atoms with E-state index in [9.17, 15) is 13.2 Å². The van der Waals surface area contributed by atoms with Crippen LogP contribution in [-0.4, -0.2) is 69.6 Å². The average molecular weight is 303 g/mol. The lowest BCUT2D eigenvalue weighted by atomic mass is 9.99. The van der Waals surface area contributed by atoms with Crippen LogP contribution >= 0.6 is 0 Å². The minimum Gasteiger partial charge on any atom is -0.341 e. The molecule has 0 spiro atoms. The number of carbonyl (C=O) groups is 1. The Balaban J connectivity index is 1.90. The van der Waals surface area contributed by atoms with E-state index in [1.807, 2.05) is 4.90 Å². The Morgan fingerprint density at radius 2 is 2.00 bits per heavy atom. The molecule has 2 atom stereocenters. The van der Waals surface area contributed by atoms with Gasteiger partial charge in [-0.25, -0.2) is 13.1 Å². The summed E-state index contributed by atoms with van der Waals surface area (Å²) in [6.07, 6.45) is 4.95. The highest BCUT2D eigenvalue weighted by atomic mass is 32.2. The molecule has 7 heteroatoms. The van der Waals surface area contributed by atoms with Crippen LogP contribution in [0.3, 0.4) is 0 Å². The van der Waals surface area contributed by atoms with Gasteiger partial charge in [0.05, 0.1) is 6.26 Å². The molecule has 0 aliphatic carbocycles. The smallest absolute Gasteiger partial charge is 0.223 e. The minimum atomic E-state index is -3.21. The number of amides is 1. The van der Waals surface area contributed by atoms with Crippen molar-refractivity contribution < 1.29 is 13.2 Å². The number of rotatable bonds is 4. The maximum Gasteiger partial charge on any atom is 0.223 e. The molecule has 2 heterocycles. The lowest BCUT2D eigenvalue weighted by Crippen LogP contribution is -2.42. The van der Waals surface area contributed by atoms with E-state index in [0.29, 0.717) is 12.0 Å². The Morgan fingerprint density at radius 3 is 2.70 bits per heavy atom. The summed E-state index contributed by atoms with van der Waals surface area (Å²) >= 11 is 0. The predicted octanol–water partition coefficient (Wildman–Crippen LogP) is -0.132. The van der Waals surface area contributed by atoms with Gasteiger partial charge in [-0.15, -0.1) is 0 Å². The monoisotopic (exact) mass is 303 g/mol. The molecular weight excluding hydrogens is 278 g/mol. The van der Waals surface area contributed by atoms with Crippen molar-refractivity contribution in [2.75, 3.05) is 39.5 Å². The molecule has 6 nitrogen and oxygen atoms in total. The van der Waals surface area contributed by atoms with Gasteiger partial charge in [0, 0.05) is 38.6 Å². The molecular formula is C13H25N3O3S. The number of likely N-dealkylation sites (N-methyl/N-ethyl adjacent to an activating group) is 1. The molecule has 1 N–H and O–H groups in total.